The van der Waals surface area contributed by atoms with Crippen LogP contribution >= 0.6 is 11.3 Å². The van der Waals surface area contributed by atoms with Crippen LogP contribution in [0.5, 0.6) is 0 Å². The van der Waals surface area contributed by atoms with Gasteiger partial charge in [0.2, 0.25) is 0 Å². The lowest BCUT2D eigenvalue weighted by molar-refractivity contribution is 0.458. The molecule has 0 radical (unpaired) electrons. The topological polar surface area (TPSA) is 51.8 Å². The van der Waals surface area contributed by atoms with Gasteiger partial charge in [0.05, 0.1) is 0 Å². The second-order valence-corrected chi connectivity index (χ2v) is 6.28. The zero-order valence-corrected chi connectivity index (χ0v) is 12.0. The Bertz CT molecular complexity index is 563. The summed E-state index contributed by atoms with van der Waals surface area (Å²) in [5.41, 5.74) is 9.54. The zero-order chi connectivity index (χ0) is 13.2. The van der Waals surface area contributed by atoms with Crippen molar-refractivity contribution >= 4 is 11.3 Å². The summed E-state index contributed by atoms with van der Waals surface area (Å²) in [4.78, 5) is 10.8. The van der Waals surface area contributed by atoms with Crippen LogP contribution in [-0.4, -0.2) is 16.5 Å². The number of hydrogen-bond donors (Lipinski definition) is 1. The van der Waals surface area contributed by atoms with Gasteiger partial charge in [0.1, 0.15) is 5.82 Å². The van der Waals surface area contributed by atoms with Crippen molar-refractivity contribution in [3.8, 4) is 0 Å². The number of fused-ring (bicyclic) bond motifs is 1. The van der Waals surface area contributed by atoms with Gasteiger partial charge in [-0.15, -0.1) is 11.3 Å². The molecule has 0 spiro atoms. The largest absolute Gasteiger partial charge is 0.330 e. The number of nitrogens with two attached hydrogens (primary N) is 1. The summed E-state index contributed by atoms with van der Waals surface area (Å²) in [6, 6.07) is 4.23. The number of rotatable bonds is 3. The van der Waals surface area contributed by atoms with E-state index < -0.39 is 0 Å². The highest BCUT2D eigenvalue weighted by Crippen LogP contribution is 2.26. The molecular formula is C15H19N3S. The van der Waals surface area contributed by atoms with Crippen molar-refractivity contribution in [2.24, 2.45) is 11.7 Å². The minimum absolute atomic E-state index is 0.609. The molecule has 2 aromatic heterocycles. The van der Waals surface area contributed by atoms with Crippen LogP contribution < -0.4 is 5.73 Å². The van der Waals surface area contributed by atoms with Gasteiger partial charge in [-0.2, -0.15) is 0 Å². The van der Waals surface area contributed by atoms with Gasteiger partial charge in [0, 0.05) is 22.7 Å². The maximum atomic E-state index is 5.79. The third-order valence-corrected chi connectivity index (χ3v) is 4.75. The van der Waals surface area contributed by atoms with Crippen molar-refractivity contribution in [2.45, 2.75) is 32.6 Å². The fraction of sp³-hybridized carbons (Fsp3) is 0.467. The number of thiophene rings is 1. The van der Waals surface area contributed by atoms with Crippen LogP contribution in [0.2, 0.25) is 0 Å². The molecule has 100 valence electrons. The maximum absolute atomic E-state index is 5.79. The molecule has 0 saturated carbocycles. The first kappa shape index (κ1) is 12.8. The first-order chi connectivity index (χ1) is 9.26. The Kier molecular flexibility index (Phi) is 3.62. The van der Waals surface area contributed by atoms with E-state index in [4.69, 9.17) is 10.7 Å². The summed E-state index contributed by atoms with van der Waals surface area (Å²) in [5, 5.41) is 2.10. The number of aryl methyl sites for hydroxylation is 2. The molecule has 1 atom stereocenters. The van der Waals surface area contributed by atoms with Crippen LogP contribution in [0.25, 0.3) is 0 Å². The highest BCUT2D eigenvalue weighted by molar-refractivity contribution is 7.09. The number of aromatic nitrogens is 2. The molecule has 19 heavy (non-hydrogen) atoms. The highest BCUT2D eigenvalue weighted by atomic mass is 32.1. The molecular weight excluding hydrogens is 254 g/mol. The first-order valence-electron chi connectivity index (χ1n) is 6.84. The minimum Gasteiger partial charge on any atom is -0.330 e. The van der Waals surface area contributed by atoms with E-state index in [2.05, 4.69) is 29.4 Å². The third kappa shape index (κ3) is 2.69. The molecule has 1 unspecified atom stereocenters. The summed E-state index contributed by atoms with van der Waals surface area (Å²) in [5.74, 6) is 1.57. The minimum atomic E-state index is 0.609. The molecule has 0 amide bonds. The maximum Gasteiger partial charge on any atom is 0.134 e. The summed E-state index contributed by atoms with van der Waals surface area (Å²) in [6.45, 7) is 2.88. The molecule has 0 saturated heterocycles. The van der Waals surface area contributed by atoms with Crippen molar-refractivity contribution in [1.82, 2.24) is 9.97 Å². The highest BCUT2D eigenvalue weighted by Gasteiger charge is 2.21. The average molecular weight is 273 g/mol. The third-order valence-electron chi connectivity index (χ3n) is 3.87. The Balaban J connectivity index is 1.88. The Labute approximate surface area is 117 Å². The Morgan fingerprint density at radius 2 is 2.32 bits per heavy atom. The van der Waals surface area contributed by atoms with Crippen LogP contribution in [0, 0.1) is 12.8 Å². The number of nitrogens with zero attached hydrogens (tertiary/aromatic N) is 2. The van der Waals surface area contributed by atoms with E-state index in [-0.39, 0.29) is 0 Å². The Hall–Kier alpha value is -1.26. The molecule has 2 aromatic rings. The molecule has 0 aliphatic heterocycles. The van der Waals surface area contributed by atoms with Crippen molar-refractivity contribution in [3.05, 3.63) is 45.2 Å². The lowest BCUT2D eigenvalue weighted by Gasteiger charge is -2.24. The quantitative estimate of drug-likeness (QED) is 0.935. The molecule has 0 aromatic carbocycles. The van der Waals surface area contributed by atoms with Crippen LogP contribution in [0.15, 0.2) is 17.5 Å². The lowest BCUT2D eigenvalue weighted by Crippen LogP contribution is -2.24. The van der Waals surface area contributed by atoms with Gasteiger partial charge < -0.3 is 5.73 Å². The molecule has 3 rings (SSSR count). The predicted molar refractivity (Wildman–Crippen MR) is 78.5 cm³/mol. The van der Waals surface area contributed by atoms with E-state index in [1.807, 2.05) is 0 Å². The fourth-order valence-electron chi connectivity index (χ4n) is 2.77. The lowest BCUT2D eigenvalue weighted by atomic mass is 9.86. The number of hydrogen-bond acceptors (Lipinski definition) is 4. The van der Waals surface area contributed by atoms with Gasteiger partial charge in [-0.25, -0.2) is 9.97 Å². The van der Waals surface area contributed by atoms with E-state index in [9.17, 15) is 0 Å². The van der Waals surface area contributed by atoms with Gasteiger partial charge in [0.25, 0.3) is 0 Å². The van der Waals surface area contributed by atoms with E-state index in [1.165, 1.54) is 22.6 Å². The second-order valence-electron chi connectivity index (χ2n) is 5.25. The second kappa shape index (κ2) is 5.39. The molecule has 2 N–H and O–H groups in total. The van der Waals surface area contributed by atoms with Gasteiger partial charge in [-0.3, -0.25) is 0 Å². The molecule has 3 nitrogen and oxygen atoms in total. The van der Waals surface area contributed by atoms with E-state index in [0.29, 0.717) is 5.92 Å². The Morgan fingerprint density at radius 1 is 1.42 bits per heavy atom. The molecule has 4 heteroatoms. The molecule has 0 bridgehead atoms. The van der Waals surface area contributed by atoms with E-state index >= 15 is 0 Å². The van der Waals surface area contributed by atoms with E-state index in [0.717, 1.165) is 37.3 Å². The van der Waals surface area contributed by atoms with Gasteiger partial charge in [-0.1, -0.05) is 6.07 Å². The molecule has 0 fully saturated rings. The van der Waals surface area contributed by atoms with Crippen molar-refractivity contribution < 1.29 is 0 Å². The van der Waals surface area contributed by atoms with Gasteiger partial charge in [-0.05, 0) is 55.7 Å². The van der Waals surface area contributed by atoms with E-state index in [1.54, 1.807) is 11.3 Å². The van der Waals surface area contributed by atoms with Crippen molar-refractivity contribution in [3.63, 3.8) is 0 Å². The predicted octanol–water partition coefficient (Wildman–Crippen LogP) is 2.50. The SMILES string of the molecule is Cc1nc(Cc2cccs2)nc2c1CC(CN)CC2. The average Bonchev–Trinajstić information content (AvgIpc) is 2.91. The summed E-state index contributed by atoms with van der Waals surface area (Å²) < 4.78 is 0. The van der Waals surface area contributed by atoms with Gasteiger partial charge >= 0.3 is 0 Å². The standard InChI is InChI=1S/C15H19N3S/c1-10-13-7-11(9-16)4-5-14(13)18-15(17-10)8-12-3-2-6-19-12/h2-3,6,11H,4-5,7-9,16H2,1H3. The smallest absolute Gasteiger partial charge is 0.134 e. The van der Waals surface area contributed by atoms with Crippen LogP contribution in [0.1, 0.15) is 34.1 Å². The zero-order valence-electron chi connectivity index (χ0n) is 11.2. The van der Waals surface area contributed by atoms with Gasteiger partial charge in [0.15, 0.2) is 0 Å². The Morgan fingerprint density at radius 3 is 3.05 bits per heavy atom. The summed E-state index contributed by atoms with van der Waals surface area (Å²) in [7, 11) is 0. The van der Waals surface area contributed by atoms with Crippen LogP contribution in [-0.2, 0) is 19.3 Å². The molecule has 1 aliphatic rings. The first-order valence-corrected chi connectivity index (χ1v) is 7.72. The van der Waals surface area contributed by atoms with Crippen molar-refractivity contribution in [2.75, 3.05) is 6.54 Å². The summed E-state index contributed by atoms with van der Waals surface area (Å²) >= 11 is 1.77. The monoisotopic (exact) mass is 273 g/mol. The van der Waals surface area contributed by atoms with Crippen molar-refractivity contribution in [1.29, 1.82) is 0 Å². The summed E-state index contributed by atoms with van der Waals surface area (Å²) in [6.07, 6.45) is 4.12. The van der Waals surface area contributed by atoms with Crippen LogP contribution in [0.4, 0.5) is 0 Å². The fourth-order valence-corrected chi connectivity index (χ4v) is 3.47. The van der Waals surface area contributed by atoms with Crippen LogP contribution in [0.3, 0.4) is 0 Å². The molecule has 2 heterocycles. The normalized spacial score (nSPS) is 18.3. The molecule has 1 aliphatic carbocycles.